The molecular weight excluding hydrogens is 421 g/mol. The van der Waals surface area contributed by atoms with Crippen molar-refractivity contribution in [2.75, 3.05) is 18.5 Å². The third kappa shape index (κ3) is 4.41. The van der Waals surface area contributed by atoms with Crippen LogP contribution in [-0.2, 0) is 16.6 Å². The molecule has 0 spiro atoms. The van der Waals surface area contributed by atoms with E-state index < -0.39 is 15.8 Å². The average molecular weight is 438 g/mol. The number of rotatable bonds is 7. The first-order valence-corrected chi connectivity index (χ1v) is 10.1. The Labute approximate surface area is 172 Å². The summed E-state index contributed by atoms with van der Waals surface area (Å²) in [5.41, 5.74) is 0.564. The van der Waals surface area contributed by atoms with E-state index in [2.05, 4.69) is 9.97 Å². The maximum atomic E-state index is 13.4. The van der Waals surface area contributed by atoms with Crippen LogP contribution in [0.15, 0.2) is 59.9 Å². The van der Waals surface area contributed by atoms with Gasteiger partial charge in [-0.05, 0) is 30.3 Å². The molecule has 10 heteroatoms. The lowest BCUT2D eigenvalue weighted by Gasteiger charge is -2.24. The number of sulfonamides is 1. The molecule has 0 aliphatic carbocycles. The lowest BCUT2D eigenvalue weighted by atomic mass is 10.2. The zero-order chi connectivity index (χ0) is 21.0. The third-order valence-corrected chi connectivity index (χ3v) is 6.33. The molecule has 0 aliphatic rings. The van der Waals surface area contributed by atoms with Crippen molar-refractivity contribution in [3.8, 4) is 11.5 Å². The van der Waals surface area contributed by atoms with E-state index in [1.54, 1.807) is 18.2 Å². The van der Waals surface area contributed by atoms with Crippen LogP contribution in [0.3, 0.4) is 0 Å². The minimum absolute atomic E-state index is 0.111. The zero-order valence-corrected chi connectivity index (χ0v) is 17.1. The molecule has 0 saturated carbocycles. The molecule has 0 saturated heterocycles. The Hall–Kier alpha value is -2.91. The number of benzene rings is 2. The normalized spacial score (nSPS) is 11.2. The quantitative estimate of drug-likeness (QED) is 0.560. The van der Waals surface area contributed by atoms with Gasteiger partial charge in [0, 0.05) is 23.9 Å². The standard InChI is InChI=1S/C19H17ClFN3O4S/c1-27-15-5-3-13(17(10-15)28-2)11-24(19-7-8-22-12-23-19)29(25,26)18-6-4-14(21)9-16(18)20/h3-10,12H,11H2,1-2H3. The van der Waals surface area contributed by atoms with Gasteiger partial charge in [0.05, 0.1) is 25.8 Å². The highest BCUT2D eigenvalue weighted by Crippen LogP contribution is 2.32. The molecule has 0 amide bonds. The number of halogens is 2. The van der Waals surface area contributed by atoms with Crippen molar-refractivity contribution in [1.29, 1.82) is 0 Å². The van der Waals surface area contributed by atoms with Crippen LogP contribution in [0.1, 0.15) is 5.56 Å². The van der Waals surface area contributed by atoms with E-state index in [4.69, 9.17) is 21.1 Å². The van der Waals surface area contributed by atoms with E-state index in [-0.39, 0.29) is 22.3 Å². The van der Waals surface area contributed by atoms with Gasteiger partial charge in [-0.1, -0.05) is 11.6 Å². The van der Waals surface area contributed by atoms with Gasteiger partial charge in [0.15, 0.2) is 0 Å². The Morgan fingerprint density at radius 2 is 1.90 bits per heavy atom. The second-order valence-electron chi connectivity index (χ2n) is 5.83. The van der Waals surface area contributed by atoms with E-state index >= 15 is 0 Å². The monoisotopic (exact) mass is 437 g/mol. The summed E-state index contributed by atoms with van der Waals surface area (Å²) in [7, 11) is -1.20. The van der Waals surface area contributed by atoms with E-state index in [1.807, 2.05) is 0 Å². The molecule has 0 N–H and O–H groups in total. The predicted octanol–water partition coefficient (Wildman–Crippen LogP) is 3.68. The van der Waals surface area contributed by atoms with Gasteiger partial charge in [-0.3, -0.25) is 0 Å². The van der Waals surface area contributed by atoms with Crippen LogP contribution in [-0.4, -0.2) is 32.6 Å². The average Bonchev–Trinajstić information content (AvgIpc) is 2.72. The molecule has 0 atom stereocenters. The fourth-order valence-electron chi connectivity index (χ4n) is 2.66. The van der Waals surface area contributed by atoms with Crippen LogP contribution in [0.4, 0.5) is 10.2 Å². The predicted molar refractivity (Wildman–Crippen MR) is 106 cm³/mol. The van der Waals surface area contributed by atoms with Crippen LogP contribution < -0.4 is 13.8 Å². The molecule has 3 aromatic rings. The second-order valence-corrected chi connectivity index (χ2v) is 8.07. The number of hydrogen-bond donors (Lipinski definition) is 0. The van der Waals surface area contributed by atoms with Crippen LogP contribution >= 0.6 is 11.6 Å². The molecule has 0 aliphatic heterocycles. The Balaban J connectivity index is 2.12. The second kappa shape index (κ2) is 8.62. The van der Waals surface area contributed by atoms with Gasteiger partial charge in [0.2, 0.25) is 0 Å². The van der Waals surface area contributed by atoms with E-state index in [0.29, 0.717) is 17.1 Å². The molecule has 2 aromatic carbocycles. The molecule has 1 heterocycles. The molecular formula is C19H17ClFN3O4S. The SMILES string of the molecule is COc1ccc(CN(c2ccncn2)S(=O)(=O)c2ccc(F)cc2Cl)c(OC)c1. The zero-order valence-electron chi connectivity index (χ0n) is 15.5. The summed E-state index contributed by atoms with van der Waals surface area (Å²) >= 11 is 6.03. The first-order chi connectivity index (χ1) is 13.9. The first kappa shape index (κ1) is 20.8. The largest absolute Gasteiger partial charge is 0.497 e. The molecule has 0 bridgehead atoms. The van der Waals surface area contributed by atoms with Gasteiger partial charge in [-0.15, -0.1) is 0 Å². The van der Waals surface area contributed by atoms with Gasteiger partial charge in [0.1, 0.15) is 34.4 Å². The van der Waals surface area contributed by atoms with Gasteiger partial charge >= 0.3 is 0 Å². The molecule has 29 heavy (non-hydrogen) atoms. The summed E-state index contributed by atoms with van der Waals surface area (Å²) in [6.45, 7) is -0.111. The Morgan fingerprint density at radius 3 is 2.52 bits per heavy atom. The number of ether oxygens (including phenoxy) is 2. The van der Waals surface area contributed by atoms with Crippen LogP contribution in [0.25, 0.3) is 0 Å². The maximum absolute atomic E-state index is 13.4. The minimum Gasteiger partial charge on any atom is -0.497 e. The van der Waals surface area contributed by atoms with Crippen LogP contribution in [0.2, 0.25) is 5.02 Å². The fraction of sp³-hybridized carbons (Fsp3) is 0.158. The lowest BCUT2D eigenvalue weighted by molar-refractivity contribution is 0.391. The number of nitrogens with zero attached hydrogens (tertiary/aromatic N) is 3. The maximum Gasteiger partial charge on any atom is 0.267 e. The highest BCUT2D eigenvalue weighted by Gasteiger charge is 2.29. The van der Waals surface area contributed by atoms with Gasteiger partial charge in [-0.2, -0.15) is 0 Å². The molecule has 1 aromatic heterocycles. The van der Waals surface area contributed by atoms with Gasteiger partial charge in [0.25, 0.3) is 10.0 Å². The van der Waals surface area contributed by atoms with Gasteiger partial charge < -0.3 is 9.47 Å². The summed E-state index contributed by atoms with van der Waals surface area (Å²) in [5, 5.41) is -0.231. The topological polar surface area (TPSA) is 81.6 Å². The van der Waals surface area contributed by atoms with Crippen molar-refractivity contribution in [2.45, 2.75) is 11.4 Å². The van der Waals surface area contributed by atoms with Crippen molar-refractivity contribution < 1.29 is 22.3 Å². The summed E-state index contributed by atoms with van der Waals surface area (Å²) in [6, 6.07) is 9.56. The highest BCUT2D eigenvalue weighted by molar-refractivity contribution is 7.92. The van der Waals surface area contributed by atoms with Crippen molar-refractivity contribution in [1.82, 2.24) is 9.97 Å². The smallest absolute Gasteiger partial charge is 0.267 e. The Kier molecular flexibility index (Phi) is 6.19. The number of hydrogen-bond acceptors (Lipinski definition) is 6. The third-order valence-electron chi connectivity index (χ3n) is 4.09. The summed E-state index contributed by atoms with van der Waals surface area (Å²) < 4.78 is 51.8. The summed E-state index contributed by atoms with van der Waals surface area (Å²) in [5.74, 6) is 0.477. The number of methoxy groups -OCH3 is 2. The van der Waals surface area contributed by atoms with Crippen LogP contribution in [0.5, 0.6) is 11.5 Å². The number of aromatic nitrogens is 2. The first-order valence-electron chi connectivity index (χ1n) is 8.31. The van der Waals surface area contributed by atoms with Crippen molar-refractivity contribution in [3.63, 3.8) is 0 Å². The van der Waals surface area contributed by atoms with Crippen molar-refractivity contribution in [3.05, 3.63) is 71.4 Å². The fourth-order valence-corrected chi connectivity index (χ4v) is 4.57. The van der Waals surface area contributed by atoms with Crippen molar-refractivity contribution in [2.24, 2.45) is 0 Å². The molecule has 152 valence electrons. The Morgan fingerprint density at radius 1 is 1.10 bits per heavy atom. The highest BCUT2D eigenvalue weighted by atomic mass is 35.5. The molecule has 7 nitrogen and oxygen atoms in total. The molecule has 0 radical (unpaired) electrons. The van der Waals surface area contributed by atoms with E-state index in [9.17, 15) is 12.8 Å². The summed E-state index contributed by atoms with van der Waals surface area (Å²) in [4.78, 5) is 7.64. The van der Waals surface area contributed by atoms with E-state index in [1.165, 1.54) is 32.8 Å². The van der Waals surface area contributed by atoms with Gasteiger partial charge in [-0.25, -0.2) is 27.1 Å². The number of anilines is 1. The summed E-state index contributed by atoms with van der Waals surface area (Å²) in [6.07, 6.45) is 2.65. The van der Waals surface area contributed by atoms with Crippen LogP contribution in [0, 0.1) is 5.82 Å². The minimum atomic E-state index is -4.18. The van der Waals surface area contributed by atoms with E-state index in [0.717, 1.165) is 22.5 Å². The Bertz CT molecular complexity index is 1110. The molecule has 0 unspecified atom stereocenters. The molecule has 3 rings (SSSR count). The molecule has 0 fully saturated rings. The van der Waals surface area contributed by atoms with Crippen molar-refractivity contribution >= 4 is 27.4 Å². The lowest BCUT2D eigenvalue weighted by Crippen LogP contribution is -2.31.